The summed E-state index contributed by atoms with van der Waals surface area (Å²) < 4.78 is 16.7. The third kappa shape index (κ3) is 3.12. The minimum atomic E-state index is -0.711. The molecule has 1 heterocycles. The van der Waals surface area contributed by atoms with Crippen LogP contribution in [0.5, 0.6) is 0 Å². The summed E-state index contributed by atoms with van der Waals surface area (Å²) in [6, 6.07) is 0. The first-order chi connectivity index (χ1) is 10.0. The first-order valence-electron chi connectivity index (χ1n) is 7.82. The van der Waals surface area contributed by atoms with E-state index in [-0.39, 0.29) is 5.60 Å². The molecular weight excluding hydrogens is 270 g/mol. The van der Waals surface area contributed by atoms with Gasteiger partial charge >= 0.3 is 0 Å². The average Bonchev–Trinajstić information content (AvgIpc) is 2.81. The van der Waals surface area contributed by atoms with Crippen molar-refractivity contribution in [2.24, 2.45) is 5.73 Å². The zero-order valence-corrected chi connectivity index (χ0v) is 12.9. The van der Waals surface area contributed by atoms with Gasteiger partial charge in [0.2, 0.25) is 5.89 Å². The fourth-order valence-electron chi connectivity index (χ4n) is 2.75. The second kappa shape index (κ2) is 5.66. The Bertz CT molecular complexity index is 473. The Hall–Kier alpha value is -0.980. The molecule has 6 heteroatoms. The number of hydrogen-bond acceptors (Lipinski definition) is 6. The van der Waals surface area contributed by atoms with Gasteiger partial charge in [0.15, 0.2) is 5.82 Å². The van der Waals surface area contributed by atoms with Crippen molar-refractivity contribution in [2.45, 2.75) is 69.1 Å². The van der Waals surface area contributed by atoms with Gasteiger partial charge in [0.25, 0.3) is 0 Å². The molecule has 1 unspecified atom stereocenters. The van der Waals surface area contributed by atoms with Gasteiger partial charge < -0.3 is 19.7 Å². The van der Waals surface area contributed by atoms with E-state index in [1.54, 1.807) is 7.11 Å². The molecule has 6 nitrogen and oxygen atoms in total. The maximum atomic E-state index is 6.28. The van der Waals surface area contributed by atoms with E-state index in [1.807, 2.05) is 6.92 Å². The highest BCUT2D eigenvalue weighted by molar-refractivity contribution is 5.05. The van der Waals surface area contributed by atoms with E-state index in [9.17, 15) is 0 Å². The molecule has 0 saturated heterocycles. The van der Waals surface area contributed by atoms with Gasteiger partial charge in [0.1, 0.15) is 5.54 Å². The maximum Gasteiger partial charge on any atom is 0.229 e. The zero-order valence-electron chi connectivity index (χ0n) is 12.9. The largest absolute Gasteiger partial charge is 0.378 e. The molecule has 2 saturated carbocycles. The highest BCUT2D eigenvalue weighted by atomic mass is 16.5. The lowest BCUT2D eigenvalue weighted by Gasteiger charge is -2.39. The second-order valence-electron chi connectivity index (χ2n) is 6.71. The Morgan fingerprint density at radius 1 is 1.38 bits per heavy atom. The topological polar surface area (TPSA) is 83.4 Å². The number of methoxy groups -OCH3 is 1. The maximum absolute atomic E-state index is 6.28. The Morgan fingerprint density at radius 2 is 2.14 bits per heavy atom. The average molecular weight is 295 g/mol. The Kier molecular flexibility index (Phi) is 4.03. The first-order valence-corrected chi connectivity index (χ1v) is 7.82. The normalized spacial score (nSPS) is 24.1. The van der Waals surface area contributed by atoms with Crippen molar-refractivity contribution in [2.75, 3.05) is 13.7 Å². The molecule has 2 aliphatic carbocycles. The number of hydrogen-bond donors (Lipinski definition) is 1. The van der Waals surface area contributed by atoms with Crippen LogP contribution in [-0.2, 0) is 21.4 Å². The quantitative estimate of drug-likeness (QED) is 0.827. The van der Waals surface area contributed by atoms with Gasteiger partial charge in [0, 0.05) is 7.11 Å². The van der Waals surface area contributed by atoms with Crippen molar-refractivity contribution in [1.82, 2.24) is 10.1 Å². The molecule has 3 rings (SSSR count). The Labute approximate surface area is 125 Å². The molecule has 0 radical (unpaired) electrons. The number of nitrogens with zero attached hydrogens (tertiary/aromatic N) is 2. The van der Waals surface area contributed by atoms with Crippen LogP contribution in [0.15, 0.2) is 4.52 Å². The molecule has 118 valence electrons. The van der Waals surface area contributed by atoms with Crippen LogP contribution in [0.1, 0.15) is 57.2 Å². The molecule has 0 aromatic carbocycles. The Morgan fingerprint density at radius 3 is 2.67 bits per heavy atom. The monoisotopic (exact) mass is 295 g/mol. The van der Waals surface area contributed by atoms with Gasteiger partial charge in [0.05, 0.1) is 24.7 Å². The van der Waals surface area contributed by atoms with Crippen LogP contribution in [-0.4, -0.2) is 35.6 Å². The molecule has 1 aromatic rings. The van der Waals surface area contributed by atoms with Crippen LogP contribution in [0, 0.1) is 0 Å². The Balaban J connectivity index is 1.60. The number of ether oxygens (including phenoxy) is 2. The summed E-state index contributed by atoms with van der Waals surface area (Å²) >= 11 is 0. The molecule has 2 aliphatic rings. The lowest BCUT2D eigenvalue weighted by Crippen LogP contribution is -2.42. The van der Waals surface area contributed by atoms with E-state index in [0.29, 0.717) is 30.8 Å². The summed E-state index contributed by atoms with van der Waals surface area (Å²) in [4.78, 5) is 4.46. The summed E-state index contributed by atoms with van der Waals surface area (Å²) in [5.41, 5.74) is 5.46. The molecule has 0 amide bonds. The van der Waals surface area contributed by atoms with E-state index in [0.717, 1.165) is 25.7 Å². The van der Waals surface area contributed by atoms with Gasteiger partial charge in [-0.05, 0) is 45.4 Å². The number of nitrogens with two attached hydrogens (primary N) is 1. The van der Waals surface area contributed by atoms with Crippen molar-refractivity contribution in [3.8, 4) is 0 Å². The van der Waals surface area contributed by atoms with Crippen LogP contribution in [0.3, 0.4) is 0 Å². The van der Waals surface area contributed by atoms with Gasteiger partial charge in [-0.2, -0.15) is 4.98 Å². The highest BCUT2D eigenvalue weighted by Crippen LogP contribution is 2.37. The fourth-order valence-corrected chi connectivity index (χ4v) is 2.75. The number of rotatable bonds is 7. The molecular formula is C15H25N3O3. The smallest absolute Gasteiger partial charge is 0.229 e. The van der Waals surface area contributed by atoms with Crippen LogP contribution in [0.2, 0.25) is 0 Å². The van der Waals surface area contributed by atoms with Gasteiger partial charge in [-0.3, -0.25) is 0 Å². The molecule has 0 spiro atoms. The van der Waals surface area contributed by atoms with E-state index in [2.05, 4.69) is 10.1 Å². The SMILES string of the molecule is COC1(Cc2nc(C(C)(N)COC3CCC3)no2)CCC1. The summed E-state index contributed by atoms with van der Waals surface area (Å²) in [5, 5.41) is 4.04. The lowest BCUT2D eigenvalue weighted by atomic mass is 9.77. The lowest BCUT2D eigenvalue weighted by molar-refractivity contribution is -0.0751. The van der Waals surface area contributed by atoms with E-state index >= 15 is 0 Å². The molecule has 1 atom stereocenters. The van der Waals surface area contributed by atoms with Gasteiger partial charge in [-0.25, -0.2) is 0 Å². The third-order valence-electron chi connectivity index (χ3n) is 4.82. The third-order valence-corrected chi connectivity index (χ3v) is 4.82. The molecule has 1 aromatic heterocycles. The molecule has 2 fully saturated rings. The van der Waals surface area contributed by atoms with Crippen LogP contribution in [0.25, 0.3) is 0 Å². The standard InChI is InChI=1S/C15H25N3O3/c1-14(16,10-20-11-5-3-6-11)13-17-12(21-18-13)9-15(19-2)7-4-8-15/h11H,3-10,16H2,1-2H3. The van der Waals surface area contributed by atoms with Gasteiger partial charge in [-0.1, -0.05) is 5.16 Å². The molecule has 2 N–H and O–H groups in total. The van der Waals surface area contributed by atoms with Crippen LogP contribution in [0.4, 0.5) is 0 Å². The minimum Gasteiger partial charge on any atom is -0.378 e. The molecule has 21 heavy (non-hydrogen) atoms. The van der Waals surface area contributed by atoms with Crippen LogP contribution < -0.4 is 5.73 Å². The van der Waals surface area contributed by atoms with Gasteiger partial charge in [-0.15, -0.1) is 0 Å². The van der Waals surface area contributed by atoms with Crippen molar-refractivity contribution in [3.05, 3.63) is 11.7 Å². The molecule has 0 bridgehead atoms. The molecule has 0 aliphatic heterocycles. The number of aromatic nitrogens is 2. The zero-order chi connectivity index (χ0) is 14.9. The van der Waals surface area contributed by atoms with E-state index in [1.165, 1.54) is 12.8 Å². The highest BCUT2D eigenvalue weighted by Gasteiger charge is 2.39. The first kappa shape index (κ1) is 14.9. The summed E-state index contributed by atoms with van der Waals surface area (Å²) in [5.74, 6) is 1.12. The fraction of sp³-hybridized carbons (Fsp3) is 0.867. The van der Waals surface area contributed by atoms with Crippen molar-refractivity contribution >= 4 is 0 Å². The second-order valence-corrected chi connectivity index (χ2v) is 6.71. The summed E-state index contributed by atoms with van der Waals surface area (Å²) in [6.07, 6.45) is 7.81. The van der Waals surface area contributed by atoms with E-state index < -0.39 is 5.54 Å². The van der Waals surface area contributed by atoms with Crippen LogP contribution >= 0.6 is 0 Å². The summed E-state index contributed by atoms with van der Waals surface area (Å²) in [6.45, 7) is 2.31. The summed E-state index contributed by atoms with van der Waals surface area (Å²) in [7, 11) is 1.75. The predicted octanol–water partition coefficient (Wildman–Crippen LogP) is 1.92. The van der Waals surface area contributed by atoms with E-state index in [4.69, 9.17) is 19.7 Å². The minimum absolute atomic E-state index is 0.114. The predicted molar refractivity (Wildman–Crippen MR) is 76.7 cm³/mol. The van der Waals surface area contributed by atoms with Crippen molar-refractivity contribution in [1.29, 1.82) is 0 Å². The van der Waals surface area contributed by atoms with Crippen molar-refractivity contribution in [3.63, 3.8) is 0 Å². The van der Waals surface area contributed by atoms with Crippen molar-refractivity contribution < 1.29 is 14.0 Å².